The van der Waals surface area contributed by atoms with Gasteiger partial charge in [-0.05, 0) is 44.9 Å². The van der Waals surface area contributed by atoms with Crippen LogP contribution in [0.3, 0.4) is 0 Å². The number of aromatic nitrogens is 2. The van der Waals surface area contributed by atoms with Crippen molar-refractivity contribution in [3.05, 3.63) is 33.6 Å². The monoisotopic (exact) mass is 433 g/mol. The first-order chi connectivity index (χ1) is 12.7. The van der Waals surface area contributed by atoms with Gasteiger partial charge in [0.05, 0.1) is 22.8 Å². The second-order valence-corrected chi connectivity index (χ2v) is 9.59. The van der Waals surface area contributed by atoms with E-state index in [1.54, 1.807) is 22.8 Å². The number of rotatable bonds is 10. The highest BCUT2D eigenvalue weighted by Crippen LogP contribution is 2.21. The van der Waals surface area contributed by atoms with Crippen LogP contribution in [-0.4, -0.2) is 42.2 Å². The van der Waals surface area contributed by atoms with Crippen LogP contribution in [0, 0.1) is 0 Å². The Kier molecular flexibility index (Phi) is 8.11. The molecule has 7 nitrogen and oxygen atoms in total. The largest absolute Gasteiger partial charge is 0.379 e. The van der Waals surface area contributed by atoms with E-state index in [0.717, 1.165) is 0 Å². The summed E-state index contributed by atoms with van der Waals surface area (Å²) < 4.78 is 29.3. The van der Waals surface area contributed by atoms with Gasteiger partial charge in [0.25, 0.3) is 5.56 Å². The van der Waals surface area contributed by atoms with Gasteiger partial charge in [-0.1, -0.05) is 23.4 Å². The second-order valence-electron chi connectivity index (χ2n) is 6.35. The second kappa shape index (κ2) is 9.88. The topological polar surface area (TPSA) is 104 Å². The lowest BCUT2D eigenvalue weighted by Crippen LogP contribution is -2.24. The van der Waals surface area contributed by atoms with E-state index in [1.807, 2.05) is 13.8 Å². The molecule has 2 rings (SSSR count). The van der Waals surface area contributed by atoms with Crippen LogP contribution >= 0.6 is 23.4 Å². The summed E-state index contributed by atoms with van der Waals surface area (Å²) >= 11 is 7.35. The summed E-state index contributed by atoms with van der Waals surface area (Å²) in [5, 5.41) is 6.57. The van der Waals surface area contributed by atoms with Crippen molar-refractivity contribution in [1.29, 1.82) is 0 Å². The molecule has 10 heteroatoms. The number of nitrogens with two attached hydrogens (primary N) is 1. The van der Waals surface area contributed by atoms with Crippen LogP contribution < -0.4 is 10.7 Å². The number of benzene rings is 1. The molecule has 0 radical (unpaired) electrons. The fourth-order valence-corrected chi connectivity index (χ4v) is 4.31. The minimum absolute atomic E-state index is 0.105. The van der Waals surface area contributed by atoms with Gasteiger partial charge in [0.15, 0.2) is 5.16 Å². The number of hydrogen-bond acceptors (Lipinski definition) is 6. The van der Waals surface area contributed by atoms with Gasteiger partial charge in [0.1, 0.15) is 0 Å². The highest BCUT2D eigenvalue weighted by atomic mass is 35.5. The van der Waals surface area contributed by atoms with Crippen molar-refractivity contribution < 1.29 is 13.2 Å². The lowest BCUT2D eigenvalue weighted by atomic mass is 10.2. The average molecular weight is 434 g/mol. The number of primary sulfonamides is 1. The Morgan fingerprint density at radius 3 is 2.74 bits per heavy atom. The third-order valence-corrected chi connectivity index (χ3v) is 5.82. The minimum Gasteiger partial charge on any atom is -0.379 e. The molecule has 0 unspecified atom stereocenters. The van der Waals surface area contributed by atoms with Gasteiger partial charge < -0.3 is 4.74 Å². The Balaban J connectivity index is 2.24. The van der Waals surface area contributed by atoms with Gasteiger partial charge in [0, 0.05) is 23.9 Å². The number of ether oxygens (including phenoxy) is 1. The van der Waals surface area contributed by atoms with Gasteiger partial charge in [-0.3, -0.25) is 9.36 Å². The molecule has 0 amide bonds. The van der Waals surface area contributed by atoms with Crippen molar-refractivity contribution in [2.45, 2.75) is 44.5 Å². The number of fused-ring (bicyclic) bond motifs is 1. The number of nitrogens with zero attached hydrogens (tertiary/aromatic N) is 2. The van der Waals surface area contributed by atoms with Crippen molar-refractivity contribution in [1.82, 2.24) is 9.55 Å². The summed E-state index contributed by atoms with van der Waals surface area (Å²) in [7, 11) is -3.50. The van der Waals surface area contributed by atoms with E-state index >= 15 is 0 Å². The quantitative estimate of drug-likeness (QED) is 0.351. The highest BCUT2D eigenvalue weighted by Gasteiger charge is 2.13. The van der Waals surface area contributed by atoms with Crippen LogP contribution in [-0.2, 0) is 21.3 Å². The number of sulfonamides is 1. The lowest BCUT2D eigenvalue weighted by molar-refractivity contribution is 0.0743. The molecule has 0 saturated heterocycles. The molecule has 0 aliphatic carbocycles. The highest BCUT2D eigenvalue weighted by molar-refractivity contribution is 7.99. The summed E-state index contributed by atoms with van der Waals surface area (Å²) in [6, 6.07) is 4.99. The number of thioether (sulfide) groups is 1. The zero-order valence-electron chi connectivity index (χ0n) is 15.4. The molecule has 1 heterocycles. The molecule has 0 fully saturated rings. The summed E-state index contributed by atoms with van der Waals surface area (Å²) in [4.78, 5) is 17.5. The van der Waals surface area contributed by atoms with Crippen LogP contribution in [0.15, 0.2) is 28.2 Å². The summed E-state index contributed by atoms with van der Waals surface area (Å²) in [6.07, 6.45) is 1.18. The fraction of sp³-hybridized carbons (Fsp3) is 0.529. The molecule has 1 aromatic carbocycles. The van der Waals surface area contributed by atoms with Gasteiger partial charge in [-0.15, -0.1) is 0 Å². The first-order valence-electron chi connectivity index (χ1n) is 8.62. The Labute approximate surface area is 168 Å². The van der Waals surface area contributed by atoms with E-state index in [9.17, 15) is 13.2 Å². The van der Waals surface area contributed by atoms with Gasteiger partial charge in [-0.2, -0.15) is 0 Å². The molecule has 150 valence electrons. The Hall–Kier alpha value is -1.13. The first kappa shape index (κ1) is 22.2. The standard InChI is InChI=1S/C17H24ClN3O4S2/c1-12(2)25-8-3-7-21-16(22)14-6-5-13(18)11-15(14)20-17(21)26-9-4-10-27(19,23)24/h5-6,11-12H,3-4,7-10H2,1-2H3,(H2,19,23,24). The Morgan fingerprint density at radius 2 is 2.07 bits per heavy atom. The zero-order valence-corrected chi connectivity index (χ0v) is 17.7. The molecule has 0 aliphatic rings. The molecule has 0 bridgehead atoms. The molecule has 0 spiro atoms. The molecule has 2 aromatic rings. The lowest BCUT2D eigenvalue weighted by Gasteiger charge is -2.14. The Bertz CT molecular complexity index is 945. The van der Waals surface area contributed by atoms with Crippen LogP contribution in [0.25, 0.3) is 10.9 Å². The molecule has 0 aliphatic heterocycles. The van der Waals surface area contributed by atoms with Crippen LogP contribution in [0.1, 0.15) is 26.7 Å². The van der Waals surface area contributed by atoms with Crippen molar-refractivity contribution >= 4 is 44.3 Å². The zero-order chi connectivity index (χ0) is 20.0. The predicted octanol–water partition coefficient (Wildman–Crippen LogP) is 2.64. The maximum atomic E-state index is 12.9. The maximum Gasteiger partial charge on any atom is 0.262 e. The van der Waals surface area contributed by atoms with Gasteiger partial charge >= 0.3 is 0 Å². The van der Waals surface area contributed by atoms with Crippen molar-refractivity contribution in [2.24, 2.45) is 5.14 Å². The molecular weight excluding hydrogens is 410 g/mol. The smallest absolute Gasteiger partial charge is 0.262 e. The first-order valence-corrected chi connectivity index (χ1v) is 11.7. The third-order valence-electron chi connectivity index (χ3n) is 3.66. The van der Waals surface area contributed by atoms with Crippen molar-refractivity contribution in [3.8, 4) is 0 Å². The summed E-state index contributed by atoms with van der Waals surface area (Å²) in [5.74, 6) is 0.378. The van der Waals surface area contributed by atoms with E-state index < -0.39 is 10.0 Å². The van der Waals surface area contributed by atoms with Gasteiger partial charge in [-0.25, -0.2) is 18.5 Å². The van der Waals surface area contributed by atoms with Crippen LogP contribution in [0.4, 0.5) is 0 Å². The van der Waals surface area contributed by atoms with E-state index in [2.05, 4.69) is 4.98 Å². The fourth-order valence-electron chi connectivity index (χ4n) is 2.45. The van der Waals surface area contributed by atoms with E-state index in [1.165, 1.54) is 11.8 Å². The molecule has 0 atom stereocenters. The molecule has 1 aromatic heterocycles. The minimum atomic E-state index is -3.50. The molecular formula is C17H24ClN3O4S2. The summed E-state index contributed by atoms with van der Waals surface area (Å²) in [6.45, 7) is 4.92. The molecule has 0 saturated carbocycles. The third kappa shape index (κ3) is 7.08. The van der Waals surface area contributed by atoms with Gasteiger partial charge in [0.2, 0.25) is 10.0 Å². The normalized spacial score (nSPS) is 12.2. The molecule has 2 N–H and O–H groups in total. The van der Waals surface area contributed by atoms with E-state index in [0.29, 0.717) is 52.8 Å². The van der Waals surface area contributed by atoms with Crippen LogP contribution in [0.5, 0.6) is 0 Å². The number of hydrogen-bond donors (Lipinski definition) is 1. The Morgan fingerprint density at radius 1 is 1.33 bits per heavy atom. The molecule has 27 heavy (non-hydrogen) atoms. The maximum absolute atomic E-state index is 12.9. The van der Waals surface area contributed by atoms with Crippen molar-refractivity contribution in [2.75, 3.05) is 18.1 Å². The average Bonchev–Trinajstić information content (AvgIpc) is 2.56. The van der Waals surface area contributed by atoms with E-state index in [4.69, 9.17) is 21.5 Å². The SMILES string of the molecule is CC(C)OCCCn1c(SCCCS(N)(=O)=O)nc2cc(Cl)ccc2c1=O. The van der Waals surface area contributed by atoms with Crippen LogP contribution in [0.2, 0.25) is 5.02 Å². The number of halogens is 1. The van der Waals surface area contributed by atoms with Crippen molar-refractivity contribution in [3.63, 3.8) is 0 Å². The summed E-state index contributed by atoms with van der Waals surface area (Å²) in [5.41, 5.74) is 0.381. The van der Waals surface area contributed by atoms with E-state index in [-0.39, 0.29) is 17.4 Å². The predicted molar refractivity (Wildman–Crippen MR) is 110 cm³/mol.